The fraction of sp³-hybridized carbons (Fsp3) is 0.886. The van der Waals surface area contributed by atoms with E-state index in [1.807, 2.05) is 13.8 Å². The van der Waals surface area contributed by atoms with E-state index in [1.165, 1.54) is 6.92 Å². The van der Waals surface area contributed by atoms with Crippen molar-refractivity contribution in [2.45, 2.75) is 225 Å². The molecule has 3 aliphatic rings. The van der Waals surface area contributed by atoms with Crippen LogP contribution in [-0.4, -0.2) is 158 Å². The van der Waals surface area contributed by atoms with Gasteiger partial charge in [0.25, 0.3) is 5.91 Å². The summed E-state index contributed by atoms with van der Waals surface area (Å²) in [4.78, 5) is 66.4. The van der Waals surface area contributed by atoms with Crippen LogP contribution < -0.4 is 16.1 Å². The Morgan fingerprint density at radius 2 is 1.28 bits per heavy atom. The second-order valence-corrected chi connectivity index (χ2v) is 21.5. The average Bonchev–Trinajstić information content (AvgIpc) is 3.11. The highest BCUT2D eigenvalue weighted by molar-refractivity contribution is 5.82. The standard InChI is InChI=1S/C44H78N4O17/c1-16-24-18-17-23(2)35(59-24)60-33-27(46-37(54)63-41(6,7)8)20-26(45-34(53)28(49)21-48(39(56)65-43(12,13)14)47-38(55)64-42(9,10)11)32(31(33)52)61-36-30(51)25(44(15,57)22-58-36)19-29(50)62-40(3,4)5/h23-28,30-33,35-36,49,51-52,57H,16-22H2,1-15H3,(H,45,53)(H,46,54)(H,47,55)/t23?,24-,25-,26-,27+,28+,30?,31?,32?,33?,35-,36-,44?/m1/s1. The van der Waals surface area contributed by atoms with Gasteiger partial charge >= 0.3 is 24.2 Å². The maximum atomic E-state index is 14.0. The Kier molecular flexibility index (Phi) is 18.9. The minimum atomic E-state index is -2.08. The number of nitrogens with one attached hydrogen (secondary N) is 3. The first-order valence-electron chi connectivity index (χ1n) is 22.4. The third-order valence-corrected chi connectivity index (χ3v) is 10.5. The monoisotopic (exact) mass is 935 g/mol. The quantitative estimate of drug-likeness (QED) is 0.0840. The van der Waals surface area contributed by atoms with E-state index in [4.69, 9.17) is 37.9 Å². The van der Waals surface area contributed by atoms with Crippen LogP contribution in [-0.2, 0) is 47.5 Å². The Morgan fingerprint density at radius 1 is 0.754 bits per heavy atom. The van der Waals surface area contributed by atoms with Crippen LogP contribution in [0.15, 0.2) is 0 Å². The predicted molar refractivity (Wildman–Crippen MR) is 231 cm³/mol. The Morgan fingerprint density at radius 3 is 1.82 bits per heavy atom. The van der Waals surface area contributed by atoms with E-state index < -0.39 is 139 Å². The molecule has 0 radical (unpaired) electrons. The van der Waals surface area contributed by atoms with Gasteiger partial charge in [0, 0.05) is 11.8 Å². The van der Waals surface area contributed by atoms with Gasteiger partial charge in [-0.1, -0.05) is 13.8 Å². The van der Waals surface area contributed by atoms with Crippen molar-refractivity contribution in [2.75, 3.05) is 13.2 Å². The van der Waals surface area contributed by atoms with E-state index in [1.54, 1.807) is 83.1 Å². The van der Waals surface area contributed by atoms with Crippen LogP contribution in [0.4, 0.5) is 14.4 Å². The van der Waals surface area contributed by atoms with Crippen molar-refractivity contribution in [3.05, 3.63) is 0 Å². The lowest BCUT2D eigenvalue weighted by Crippen LogP contribution is -2.69. The minimum absolute atomic E-state index is 0.152. The van der Waals surface area contributed by atoms with Crippen LogP contribution in [0.2, 0.25) is 0 Å². The fourth-order valence-corrected chi connectivity index (χ4v) is 7.52. The van der Waals surface area contributed by atoms with E-state index in [0.717, 1.165) is 12.8 Å². The molecule has 7 N–H and O–H groups in total. The molecule has 376 valence electrons. The molecule has 0 aromatic rings. The van der Waals surface area contributed by atoms with Crippen molar-refractivity contribution in [2.24, 2.45) is 11.8 Å². The summed E-state index contributed by atoms with van der Waals surface area (Å²) in [6.07, 6.45) is -12.6. The number of hydrogen-bond acceptors (Lipinski definition) is 17. The number of aliphatic hydroxyl groups excluding tert-OH is 3. The smallest absolute Gasteiger partial charge is 0.429 e. The molecule has 65 heavy (non-hydrogen) atoms. The molecular formula is C44H78N4O17. The molecule has 21 heteroatoms. The zero-order valence-corrected chi connectivity index (χ0v) is 40.9. The Hall–Kier alpha value is -3.57. The Labute approximate surface area is 383 Å². The molecule has 1 saturated carbocycles. The summed E-state index contributed by atoms with van der Waals surface area (Å²) in [7, 11) is 0. The van der Waals surface area contributed by atoms with Crippen molar-refractivity contribution in [1.82, 2.24) is 21.1 Å². The number of rotatable bonds is 12. The number of aliphatic hydroxyl groups is 4. The van der Waals surface area contributed by atoms with Gasteiger partial charge in [0.15, 0.2) is 18.7 Å². The van der Waals surface area contributed by atoms with E-state index in [2.05, 4.69) is 16.1 Å². The van der Waals surface area contributed by atoms with Crippen LogP contribution >= 0.6 is 0 Å². The highest BCUT2D eigenvalue weighted by Gasteiger charge is 2.54. The van der Waals surface area contributed by atoms with Crippen LogP contribution in [0.1, 0.15) is 136 Å². The fourth-order valence-electron chi connectivity index (χ4n) is 7.52. The highest BCUT2D eigenvalue weighted by Crippen LogP contribution is 2.37. The molecule has 3 rings (SSSR count). The van der Waals surface area contributed by atoms with Crippen molar-refractivity contribution in [1.29, 1.82) is 0 Å². The molecule has 13 atom stereocenters. The van der Waals surface area contributed by atoms with Crippen molar-refractivity contribution < 1.29 is 82.3 Å². The van der Waals surface area contributed by atoms with Crippen molar-refractivity contribution >= 4 is 30.2 Å². The van der Waals surface area contributed by atoms with E-state index >= 15 is 0 Å². The van der Waals surface area contributed by atoms with Gasteiger partial charge < -0.3 is 69.0 Å². The average molecular weight is 935 g/mol. The summed E-state index contributed by atoms with van der Waals surface area (Å²) in [5.74, 6) is -3.19. The van der Waals surface area contributed by atoms with Gasteiger partial charge in [0.1, 0.15) is 46.8 Å². The van der Waals surface area contributed by atoms with E-state index in [-0.39, 0.29) is 18.4 Å². The van der Waals surface area contributed by atoms with E-state index in [0.29, 0.717) is 11.4 Å². The first kappa shape index (κ1) is 55.8. The molecule has 21 nitrogen and oxygen atoms in total. The van der Waals surface area contributed by atoms with Gasteiger partial charge in [-0.25, -0.2) is 24.8 Å². The highest BCUT2D eigenvalue weighted by atomic mass is 16.7. The molecule has 1 aliphatic carbocycles. The molecule has 0 aromatic heterocycles. The summed E-state index contributed by atoms with van der Waals surface area (Å²) in [6, 6.07) is -2.46. The number of hydrogen-bond donors (Lipinski definition) is 7. The number of alkyl carbamates (subject to hydrolysis) is 1. The van der Waals surface area contributed by atoms with Crippen LogP contribution in [0.5, 0.6) is 0 Å². The lowest BCUT2D eigenvalue weighted by Gasteiger charge is -2.49. The molecule has 2 saturated heterocycles. The molecule has 6 unspecified atom stereocenters. The summed E-state index contributed by atoms with van der Waals surface area (Å²) < 4.78 is 46.7. The summed E-state index contributed by atoms with van der Waals surface area (Å²) in [5.41, 5.74) is -3.39. The minimum Gasteiger partial charge on any atom is -0.460 e. The van der Waals surface area contributed by atoms with Gasteiger partial charge in [0.2, 0.25) is 0 Å². The predicted octanol–water partition coefficient (Wildman–Crippen LogP) is 3.30. The number of carbonyl (C=O) groups is 5. The second-order valence-electron chi connectivity index (χ2n) is 21.5. The summed E-state index contributed by atoms with van der Waals surface area (Å²) >= 11 is 0. The topological polar surface area (TPSA) is 279 Å². The molecule has 2 heterocycles. The number of amides is 4. The number of esters is 1. The normalized spacial score (nSPS) is 31.7. The lowest BCUT2D eigenvalue weighted by atomic mass is 9.80. The molecule has 2 aliphatic heterocycles. The maximum Gasteiger partial charge on any atom is 0.429 e. The number of hydrazine groups is 1. The molecule has 3 fully saturated rings. The molecule has 0 aromatic carbocycles. The molecule has 0 bridgehead atoms. The van der Waals surface area contributed by atoms with Gasteiger partial charge in [-0.3, -0.25) is 9.59 Å². The lowest BCUT2D eigenvalue weighted by molar-refractivity contribution is -0.318. The van der Waals surface area contributed by atoms with Gasteiger partial charge in [-0.2, -0.15) is 0 Å². The third kappa shape index (κ3) is 17.9. The second kappa shape index (κ2) is 22.0. The van der Waals surface area contributed by atoms with Gasteiger partial charge in [-0.05, 0) is 116 Å². The van der Waals surface area contributed by atoms with Gasteiger partial charge in [-0.15, -0.1) is 0 Å². The van der Waals surface area contributed by atoms with Crippen molar-refractivity contribution in [3.8, 4) is 0 Å². The first-order valence-corrected chi connectivity index (χ1v) is 22.4. The zero-order valence-electron chi connectivity index (χ0n) is 40.9. The molecule has 0 spiro atoms. The van der Waals surface area contributed by atoms with Crippen molar-refractivity contribution in [3.63, 3.8) is 0 Å². The first-order chi connectivity index (χ1) is 29.6. The maximum absolute atomic E-state index is 14.0. The number of nitrogens with zero attached hydrogens (tertiary/aromatic N) is 1. The van der Waals surface area contributed by atoms with Gasteiger partial charge in [0.05, 0.1) is 43.4 Å². The van der Waals surface area contributed by atoms with Crippen LogP contribution in [0.25, 0.3) is 0 Å². The SMILES string of the molecule is CC[C@@H]1CCC(C)[C@@H](OC2C(O)C(O[C@H]3OCC(C)(O)[C@H](CC(=O)OC(C)(C)C)C3O)[C@H](NC(=O)[C@@H](O)CN(NC(=O)OC(C)(C)C)C(=O)OC(C)(C)C)C[C@@H]2NC(=O)OC(C)(C)C)O1. The summed E-state index contributed by atoms with van der Waals surface area (Å²) in [6.45, 7) is 23.5. The summed E-state index contributed by atoms with van der Waals surface area (Å²) in [5, 5.41) is 52.7. The molecule has 4 amide bonds. The van der Waals surface area contributed by atoms with E-state index in [9.17, 15) is 44.4 Å². The Balaban J connectivity index is 2.06. The molecular weight excluding hydrogens is 856 g/mol. The third-order valence-electron chi connectivity index (χ3n) is 10.5. The Bertz CT molecular complexity index is 1620. The van der Waals surface area contributed by atoms with Crippen LogP contribution in [0, 0.1) is 11.8 Å². The number of carbonyl (C=O) groups excluding carboxylic acids is 5. The van der Waals surface area contributed by atoms with Crippen LogP contribution in [0.3, 0.4) is 0 Å². The largest absolute Gasteiger partial charge is 0.460 e. The number of ether oxygens (including phenoxy) is 8. The zero-order chi connectivity index (χ0) is 49.6.